The summed E-state index contributed by atoms with van der Waals surface area (Å²) in [6.07, 6.45) is 8.31. The summed E-state index contributed by atoms with van der Waals surface area (Å²) in [5.41, 5.74) is 2.89. The number of carbonyl (C=O) groups excluding carboxylic acids is 1. The van der Waals surface area contributed by atoms with Crippen molar-refractivity contribution in [3.63, 3.8) is 0 Å². The number of hydrogen-bond acceptors (Lipinski definition) is 6. The molecule has 1 aliphatic carbocycles. The standard InChI is InChI=1S/C31H37N3O4/c35-27-9-5-24-6-10-28(22-26(24)21-27)37-19-3-1-13-33-15-17-34(18-16-33)14-2-4-20-38-29-11-7-25-8-12-31(36)32-30(25)23-29/h5-12,22-23H,1-4,13-21H2,(H,32,36). The van der Waals surface area contributed by atoms with Crippen molar-refractivity contribution >= 4 is 22.8 Å². The number of pyridine rings is 1. The number of ketones is 1. The lowest BCUT2D eigenvalue weighted by atomic mass is 9.96. The molecule has 38 heavy (non-hydrogen) atoms. The van der Waals surface area contributed by atoms with Crippen LogP contribution >= 0.6 is 0 Å². The number of unbranched alkanes of at least 4 members (excludes halogenated alkanes) is 2. The second-order valence-corrected chi connectivity index (χ2v) is 10.2. The molecule has 5 rings (SSSR count). The fourth-order valence-electron chi connectivity index (χ4n) is 5.13. The maximum atomic E-state index is 11.6. The van der Waals surface area contributed by atoms with Crippen molar-refractivity contribution in [2.75, 3.05) is 52.5 Å². The lowest BCUT2D eigenvalue weighted by Gasteiger charge is -2.34. The molecule has 0 spiro atoms. The fraction of sp³-hybridized carbons (Fsp3) is 0.419. The smallest absolute Gasteiger partial charge is 0.248 e. The molecule has 200 valence electrons. The Morgan fingerprint density at radius 1 is 0.711 bits per heavy atom. The molecule has 0 unspecified atom stereocenters. The van der Waals surface area contributed by atoms with Crippen LogP contribution in [0.15, 0.2) is 59.4 Å². The molecule has 7 heteroatoms. The van der Waals surface area contributed by atoms with Crippen LogP contribution in [-0.2, 0) is 11.2 Å². The van der Waals surface area contributed by atoms with Crippen LogP contribution in [0, 0.1) is 0 Å². The molecule has 0 saturated carbocycles. The Bertz CT molecular complexity index is 1320. The number of aromatic nitrogens is 1. The summed E-state index contributed by atoms with van der Waals surface area (Å²) in [5, 5.41) is 1.01. The van der Waals surface area contributed by atoms with E-state index in [0.717, 1.165) is 98.5 Å². The van der Waals surface area contributed by atoms with E-state index in [1.807, 2.05) is 48.5 Å². The predicted octanol–water partition coefficient (Wildman–Crippen LogP) is 4.30. The summed E-state index contributed by atoms with van der Waals surface area (Å²) in [5.74, 6) is 1.82. The van der Waals surface area contributed by atoms with Crippen LogP contribution in [0.2, 0.25) is 0 Å². The summed E-state index contributed by atoms with van der Waals surface area (Å²) in [6, 6.07) is 15.2. The van der Waals surface area contributed by atoms with Crippen LogP contribution in [0.3, 0.4) is 0 Å². The molecule has 1 N–H and O–H groups in total. The Labute approximate surface area is 224 Å². The number of benzene rings is 2. The molecule has 0 radical (unpaired) electrons. The summed E-state index contributed by atoms with van der Waals surface area (Å²) in [6.45, 7) is 8.12. The topological polar surface area (TPSA) is 74.9 Å². The third-order valence-electron chi connectivity index (χ3n) is 7.36. The Morgan fingerprint density at radius 2 is 1.34 bits per heavy atom. The van der Waals surface area contributed by atoms with Gasteiger partial charge in [-0.1, -0.05) is 12.1 Å². The highest BCUT2D eigenvalue weighted by Gasteiger charge is 2.16. The van der Waals surface area contributed by atoms with Crippen molar-refractivity contribution in [1.29, 1.82) is 0 Å². The molecule has 1 aliphatic heterocycles. The van der Waals surface area contributed by atoms with Gasteiger partial charge >= 0.3 is 0 Å². The highest BCUT2D eigenvalue weighted by Crippen LogP contribution is 2.23. The Kier molecular flexibility index (Phi) is 8.89. The van der Waals surface area contributed by atoms with E-state index >= 15 is 0 Å². The van der Waals surface area contributed by atoms with E-state index in [2.05, 4.69) is 14.8 Å². The molecule has 0 amide bonds. The number of carbonyl (C=O) groups is 1. The van der Waals surface area contributed by atoms with Gasteiger partial charge in [0, 0.05) is 44.7 Å². The van der Waals surface area contributed by atoms with E-state index in [9.17, 15) is 9.59 Å². The maximum absolute atomic E-state index is 11.6. The van der Waals surface area contributed by atoms with Gasteiger partial charge in [-0.05, 0) is 91.7 Å². The average molecular weight is 516 g/mol. The number of allylic oxidation sites excluding steroid dienone is 1. The van der Waals surface area contributed by atoms with Crippen molar-refractivity contribution in [2.45, 2.75) is 32.1 Å². The Morgan fingerprint density at radius 3 is 2.05 bits per heavy atom. The number of rotatable bonds is 12. The zero-order chi connectivity index (χ0) is 26.2. The molecule has 0 bridgehead atoms. The molecule has 2 aromatic carbocycles. The van der Waals surface area contributed by atoms with E-state index in [1.165, 1.54) is 0 Å². The zero-order valence-corrected chi connectivity index (χ0v) is 22.0. The van der Waals surface area contributed by atoms with E-state index in [0.29, 0.717) is 19.6 Å². The zero-order valence-electron chi connectivity index (χ0n) is 22.0. The van der Waals surface area contributed by atoms with Crippen LogP contribution in [0.25, 0.3) is 17.0 Å². The van der Waals surface area contributed by atoms with Gasteiger partial charge in [0.15, 0.2) is 5.78 Å². The normalized spacial score (nSPS) is 16.1. The van der Waals surface area contributed by atoms with Gasteiger partial charge in [-0.3, -0.25) is 9.59 Å². The minimum atomic E-state index is -0.0943. The van der Waals surface area contributed by atoms with Crippen LogP contribution in [0.1, 0.15) is 36.8 Å². The Hall–Kier alpha value is -3.42. The number of ether oxygens (including phenoxy) is 2. The number of piperazine rings is 1. The fourth-order valence-corrected chi connectivity index (χ4v) is 5.13. The number of nitrogens with one attached hydrogen (secondary N) is 1. The van der Waals surface area contributed by atoms with Gasteiger partial charge in [-0.2, -0.15) is 0 Å². The summed E-state index contributed by atoms with van der Waals surface area (Å²) in [4.78, 5) is 31.1. The molecular weight excluding hydrogens is 478 g/mol. The minimum absolute atomic E-state index is 0.0943. The number of hydrogen-bond donors (Lipinski definition) is 1. The summed E-state index contributed by atoms with van der Waals surface area (Å²) < 4.78 is 11.8. The first-order chi connectivity index (χ1) is 18.6. The largest absolute Gasteiger partial charge is 0.494 e. The summed E-state index contributed by atoms with van der Waals surface area (Å²) in [7, 11) is 0. The second kappa shape index (κ2) is 12.9. The number of aromatic amines is 1. The van der Waals surface area contributed by atoms with Gasteiger partial charge in [0.05, 0.1) is 18.7 Å². The lowest BCUT2D eigenvalue weighted by Crippen LogP contribution is -2.46. The van der Waals surface area contributed by atoms with Crippen LogP contribution < -0.4 is 15.0 Å². The van der Waals surface area contributed by atoms with E-state index in [1.54, 1.807) is 12.1 Å². The third kappa shape index (κ3) is 7.33. The molecule has 1 fully saturated rings. The van der Waals surface area contributed by atoms with E-state index < -0.39 is 0 Å². The van der Waals surface area contributed by atoms with Gasteiger partial charge in [-0.15, -0.1) is 0 Å². The molecule has 3 aromatic rings. The molecule has 1 saturated heterocycles. The van der Waals surface area contributed by atoms with Crippen molar-refractivity contribution in [1.82, 2.24) is 14.8 Å². The van der Waals surface area contributed by atoms with Gasteiger partial charge < -0.3 is 24.3 Å². The SMILES string of the molecule is O=C1C=Cc2ccc(OCCCCN3CCN(CCCCOc4ccc5ccc(=O)[nH]c5c4)CC3)cc2C1. The molecule has 7 nitrogen and oxygen atoms in total. The third-order valence-corrected chi connectivity index (χ3v) is 7.36. The highest BCUT2D eigenvalue weighted by atomic mass is 16.5. The van der Waals surface area contributed by atoms with E-state index in [4.69, 9.17) is 9.47 Å². The van der Waals surface area contributed by atoms with Gasteiger partial charge in [0.2, 0.25) is 5.56 Å². The average Bonchev–Trinajstić information content (AvgIpc) is 2.93. The number of fused-ring (bicyclic) bond motifs is 2. The monoisotopic (exact) mass is 515 g/mol. The van der Waals surface area contributed by atoms with E-state index in [-0.39, 0.29) is 11.3 Å². The van der Waals surface area contributed by atoms with Gasteiger partial charge in [-0.25, -0.2) is 0 Å². The highest BCUT2D eigenvalue weighted by molar-refractivity contribution is 5.98. The molecular formula is C31H37N3O4. The maximum Gasteiger partial charge on any atom is 0.248 e. The Balaban J connectivity index is 0.906. The van der Waals surface area contributed by atoms with Crippen LogP contribution in [-0.4, -0.2) is 73.0 Å². The van der Waals surface area contributed by atoms with Gasteiger partial charge in [0.1, 0.15) is 11.5 Å². The predicted molar refractivity (Wildman–Crippen MR) is 151 cm³/mol. The second-order valence-electron chi connectivity index (χ2n) is 10.2. The quantitative estimate of drug-likeness (QED) is 0.363. The van der Waals surface area contributed by atoms with Gasteiger partial charge in [0.25, 0.3) is 0 Å². The number of nitrogens with zero attached hydrogens (tertiary/aromatic N) is 2. The van der Waals surface area contributed by atoms with Crippen molar-refractivity contribution in [3.05, 3.63) is 76.1 Å². The van der Waals surface area contributed by atoms with Crippen LogP contribution in [0.5, 0.6) is 11.5 Å². The minimum Gasteiger partial charge on any atom is -0.494 e. The summed E-state index contributed by atoms with van der Waals surface area (Å²) >= 11 is 0. The molecule has 2 heterocycles. The van der Waals surface area contributed by atoms with Crippen LogP contribution in [0.4, 0.5) is 0 Å². The van der Waals surface area contributed by atoms with Crippen molar-refractivity contribution in [3.8, 4) is 11.5 Å². The first kappa shape index (κ1) is 26.2. The van der Waals surface area contributed by atoms with Crippen molar-refractivity contribution < 1.29 is 14.3 Å². The molecule has 2 aliphatic rings. The molecule has 1 aromatic heterocycles. The van der Waals surface area contributed by atoms with Crippen molar-refractivity contribution in [2.24, 2.45) is 0 Å². The first-order valence-corrected chi connectivity index (χ1v) is 13.8. The number of H-pyrrole nitrogens is 1. The lowest BCUT2D eigenvalue weighted by molar-refractivity contribution is -0.114. The first-order valence-electron chi connectivity index (χ1n) is 13.8. The molecule has 0 atom stereocenters.